The third kappa shape index (κ3) is 7.68. The SMILES string of the molecule is COC(=O)c1c(NC(=O)C(C)Sc2cccc(NC(=O)N3c4ccccc4SC4C=CC=CC43)c2)sc2c1CCN(C(=O)OC(C)(C)C)C2. The number of rotatable bonds is 6. The molecular formula is C36H38N4O6S3. The summed E-state index contributed by atoms with van der Waals surface area (Å²) in [6, 6.07) is 14.9. The van der Waals surface area contributed by atoms with Crippen LogP contribution in [0.25, 0.3) is 0 Å². The van der Waals surface area contributed by atoms with Crippen molar-refractivity contribution in [2.45, 2.75) is 72.6 Å². The van der Waals surface area contributed by atoms with Gasteiger partial charge in [0.05, 0.1) is 41.4 Å². The van der Waals surface area contributed by atoms with Gasteiger partial charge >= 0.3 is 18.1 Å². The number of anilines is 3. The molecule has 2 aromatic carbocycles. The molecule has 2 N–H and O–H groups in total. The van der Waals surface area contributed by atoms with Crippen molar-refractivity contribution in [3.05, 3.63) is 88.8 Å². The second-order valence-corrected chi connectivity index (χ2v) is 16.5. The Labute approximate surface area is 298 Å². The Kier molecular flexibility index (Phi) is 10.1. The molecule has 0 radical (unpaired) electrons. The van der Waals surface area contributed by atoms with Crippen molar-refractivity contribution in [1.82, 2.24) is 4.90 Å². The second-order valence-electron chi connectivity index (χ2n) is 12.7. The topological polar surface area (TPSA) is 117 Å². The van der Waals surface area contributed by atoms with Crippen LogP contribution >= 0.6 is 34.9 Å². The molecule has 0 spiro atoms. The molecule has 0 saturated carbocycles. The maximum Gasteiger partial charge on any atom is 0.410 e. The van der Waals surface area contributed by atoms with E-state index in [-0.39, 0.29) is 29.8 Å². The highest BCUT2D eigenvalue weighted by Gasteiger charge is 2.37. The molecule has 1 aliphatic carbocycles. The zero-order valence-electron chi connectivity index (χ0n) is 27.9. The van der Waals surface area contributed by atoms with E-state index < -0.39 is 22.9 Å². The van der Waals surface area contributed by atoms with Crippen LogP contribution in [0.2, 0.25) is 0 Å². The number of amides is 4. The Morgan fingerprint density at radius 3 is 2.57 bits per heavy atom. The number of fused-ring (bicyclic) bond motifs is 3. The molecule has 3 aliphatic rings. The van der Waals surface area contributed by atoms with Gasteiger partial charge < -0.3 is 25.0 Å². The number of carbonyl (C=O) groups is 4. The van der Waals surface area contributed by atoms with Crippen LogP contribution in [0, 0.1) is 0 Å². The molecule has 1 aromatic heterocycles. The van der Waals surface area contributed by atoms with Crippen LogP contribution in [0.15, 0.2) is 82.6 Å². The van der Waals surface area contributed by atoms with Crippen LogP contribution < -0.4 is 15.5 Å². The minimum absolute atomic E-state index is 0.115. The first-order valence-corrected chi connectivity index (χ1v) is 18.5. The van der Waals surface area contributed by atoms with Crippen molar-refractivity contribution >= 4 is 75.2 Å². The number of hydrogen-bond donors (Lipinski definition) is 2. The number of nitrogens with one attached hydrogen (secondary N) is 2. The van der Waals surface area contributed by atoms with E-state index in [0.29, 0.717) is 29.2 Å². The van der Waals surface area contributed by atoms with Gasteiger partial charge in [-0.15, -0.1) is 34.9 Å². The lowest BCUT2D eigenvalue weighted by molar-refractivity contribution is -0.115. The number of nitrogens with zero attached hydrogens (tertiary/aromatic N) is 2. The summed E-state index contributed by atoms with van der Waals surface area (Å²) in [5.74, 6) is -0.832. The Bertz CT molecular complexity index is 1850. The van der Waals surface area contributed by atoms with Gasteiger partial charge in [0.15, 0.2) is 0 Å². The molecule has 0 fully saturated rings. The fourth-order valence-electron chi connectivity index (χ4n) is 5.82. The van der Waals surface area contributed by atoms with Gasteiger partial charge in [0.25, 0.3) is 0 Å². The summed E-state index contributed by atoms with van der Waals surface area (Å²) in [4.78, 5) is 58.9. The molecule has 49 heavy (non-hydrogen) atoms. The lowest BCUT2D eigenvalue weighted by Gasteiger charge is -2.40. The minimum atomic E-state index is -0.630. The summed E-state index contributed by atoms with van der Waals surface area (Å²) in [7, 11) is 1.31. The normalized spacial score (nSPS) is 18.5. The summed E-state index contributed by atoms with van der Waals surface area (Å²) in [6.45, 7) is 7.88. The van der Waals surface area contributed by atoms with Gasteiger partial charge in [0.2, 0.25) is 5.91 Å². The molecule has 0 bridgehead atoms. The Balaban J connectivity index is 1.14. The molecule has 3 atom stereocenters. The number of allylic oxidation sites excluding steroid dienone is 2. The first kappa shape index (κ1) is 34.7. The van der Waals surface area contributed by atoms with Gasteiger partial charge in [-0.25, -0.2) is 14.4 Å². The van der Waals surface area contributed by atoms with Crippen molar-refractivity contribution in [1.29, 1.82) is 0 Å². The average molecular weight is 719 g/mol. The predicted molar refractivity (Wildman–Crippen MR) is 196 cm³/mol. The molecule has 6 rings (SSSR count). The molecule has 256 valence electrons. The maximum atomic E-state index is 13.8. The van der Waals surface area contributed by atoms with E-state index in [4.69, 9.17) is 9.47 Å². The van der Waals surface area contributed by atoms with Crippen LogP contribution in [0.1, 0.15) is 48.5 Å². The molecule has 0 saturated heterocycles. The number of hydrogen-bond acceptors (Lipinski definition) is 9. The lowest BCUT2D eigenvalue weighted by Crippen LogP contribution is -2.49. The summed E-state index contributed by atoms with van der Waals surface area (Å²) >= 11 is 4.35. The average Bonchev–Trinajstić information content (AvgIpc) is 3.43. The lowest BCUT2D eigenvalue weighted by atomic mass is 10.0. The van der Waals surface area contributed by atoms with Crippen molar-refractivity contribution in [2.24, 2.45) is 0 Å². The standard InChI is InChI=1S/C36H38N4O6S3/c1-21(31(41)38-32-30(33(42)45-5)24-17-18-39(20-29(24)49-32)35(44)46-36(2,3)4)47-23-12-10-11-22(19-23)37-34(43)40-25-13-6-8-15-27(25)48-28-16-9-7-14-26(28)40/h6-16,19,21,25,27H,17-18,20H2,1-5H3,(H,37,43)(H,38,41). The molecule has 3 unspecified atom stereocenters. The quantitative estimate of drug-likeness (QED) is 0.195. The Morgan fingerprint density at radius 2 is 1.80 bits per heavy atom. The van der Waals surface area contributed by atoms with Crippen molar-refractivity contribution < 1.29 is 28.7 Å². The van der Waals surface area contributed by atoms with Gasteiger partial charge in [-0.05, 0) is 70.0 Å². The fourth-order valence-corrected chi connectivity index (χ4v) is 9.26. The summed E-state index contributed by atoms with van der Waals surface area (Å²) in [5, 5.41) is 5.98. The molecule has 10 nitrogen and oxygen atoms in total. The number of methoxy groups -OCH3 is 1. The molecule has 3 aromatic rings. The van der Waals surface area contributed by atoms with E-state index in [2.05, 4.69) is 16.7 Å². The van der Waals surface area contributed by atoms with E-state index in [1.807, 2.05) is 87.5 Å². The maximum absolute atomic E-state index is 13.8. The largest absolute Gasteiger partial charge is 0.465 e. The van der Waals surface area contributed by atoms with Crippen LogP contribution in [0.5, 0.6) is 0 Å². The van der Waals surface area contributed by atoms with E-state index in [0.717, 1.165) is 25.9 Å². The summed E-state index contributed by atoms with van der Waals surface area (Å²) in [5.41, 5.74) is 1.94. The highest BCUT2D eigenvalue weighted by molar-refractivity contribution is 8.00. The summed E-state index contributed by atoms with van der Waals surface area (Å²) in [6.07, 6.45) is 8.16. The second kappa shape index (κ2) is 14.3. The molecule has 4 amide bonds. The summed E-state index contributed by atoms with van der Waals surface area (Å²) < 4.78 is 10.6. The van der Waals surface area contributed by atoms with Crippen molar-refractivity contribution in [2.75, 3.05) is 29.2 Å². The number of thiophene rings is 1. The molecule has 3 heterocycles. The Morgan fingerprint density at radius 1 is 1.02 bits per heavy atom. The van der Waals surface area contributed by atoms with Crippen LogP contribution in [-0.2, 0) is 27.2 Å². The monoisotopic (exact) mass is 718 g/mol. The van der Waals surface area contributed by atoms with Crippen LogP contribution in [0.3, 0.4) is 0 Å². The van der Waals surface area contributed by atoms with Gasteiger partial charge in [0, 0.05) is 26.9 Å². The third-order valence-electron chi connectivity index (χ3n) is 8.06. The van der Waals surface area contributed by atoms with Gasteiger partial charge in [0.1, 0.15) is 10.6 Å². The zero-order valence-corrected chi connectivity index (χ0v) is 30.3. The number of benzene rings is 2. The van der Waals surface area contributed by atoms with Crippen molar-refractivity contribution in [3.63, 3.8) is 0 Å². The zero-order chi connectivity index (χ0) is 34.9. The first-order valence-electron chi connectivity index (χ1n) is 15.9. The number of esters is 1. The van der Waals surface area contributed by atoms with E-state index in [1.165, 1.54) is 30.2 Å². The third-order valence-corrected chi connectivity index (χ3v) is 11.6. The number of carbonyl (C=O) groups excluding carboxylic acids is 4. The van der Waals surface area contributed by atoms with Gasteiger partial charge in [-0.3, -0.25) is 9.69 Å². The number of ether oxygens (including phenoxy) is 2. The van der Waals surface area contributed by atoms with E-state index >= 15 is 0 Å². The highest BCUT2D eigenvalue weighted by Crippen LogP contribution is 2.44. The van der Waals surface area contributed by atoms with E-state index in [9.17, 15) is 19.2 Å². The minimum Gasteiger partial charge on any atom is -0.465 e. The number of para-hydroxylation sites is 1. The van der Waals surface area contributed by atoms with Gasteiger partial charge in [-0.1, -0.05) is 42.5 Å². The Hall–Kier alpha value is -4.20. The highest BCUT2D eigenvalue weighted by atomic mass is 32.2. The molecule has 2 aliphatic heterocycles. The number of thioether (sulfide) groups is 2. The first-order chi connectivity index (χ1) is 23.4. The fraction of sp³-hybridized carbons (Fsp3) is 0.333. The molecular weight excluding hydrogens is 681 g/mol. The predicted octanol–water partition coefficient (Wildman–Crippen LogP) is 7.95. The van der Waals surface area contributed by atoms with Gasteiger partial charge in [-0.2, -0.15) is 0 Å². The number of urea groups is 1. The van der Waals surface area contributed by atoms with Crippen LogP contribution in [-0.4, -0.2) is 64.7 Å². The molecule has 13 heteroatoms. The van der Waals surface area contributed by atoms with Crippen molar-refractivity contribution in [3.8, 4) is 0 Å². The smallest absolute Gasteiger partial charge is 0.410 e. The van der Waals surface area contributed by atoms with E-state index in [1.54, 1.807) is 28.5 Å². The van der Waals surface area contributed by atoms with Crippen LogP contribution in [0.4, 0.5) is 26.0 Å².